The molecule has 0 fully saturated rings. The second-order valence-corrected chi connectivity index (χ2v) is 2.68. The van der Waals surface area contributed by atoms with E-state index in [9.17, 15) is 0 Å². The molecule has 0 amide bonds. The van der Waals surface area contributed by atoms with Gasteiger partial charge in [0.15, 0.2) is 0 Å². The first-order valence-corrected chi connectivity index (χ1v) is 1.79. The van der Waals surface area contributed by atoms with E-state index in [0.717, 1.165) is 4.48 Å². The Labute approximate surface area is 55.4 Å². The van der Waals surface area contributed by atoms with E-state index in [-0.39, 0.29) is 22.4 Å². The number of nitrogens with zero attached hydrogens (tertiary/aromatic N) is 1. The van der Waals surface area contributed by atoms with Crippen LogP contribution in [0, 0.1) is 0 Å². The minimum Gasteiger partial charge on any atom is -0.333 e. The molecular formula is C4H12NTa+6. The van der Waals surface area contributed by atoms with E-state index < -0.39 is 0 Å². The summed E-state index contributed by atoms with van der Waals surface area (Å²) in [6.07, 6.45) is 0. The van der Waals surface area contributed by atoms with Gasteiger partial charge in [0.25, 0.3) is 0 Å². The van der Waals surface area contributed by atoms with Crippen molar-refractivity contribution in [3.8, 4) is 0 Å². The SMILES string of the molecule is C[N+](C)(C)C.[Ta+5]. The molecule has 0 saturated heterocycles. The molecule has 0 aromatic carbocycles. The van der Waals surface area contributed by atoms with E-state index in [0.29, 0.717) is 0 Å². The Morgan fingerprint density at radius 3 is 0.833 bits per heavy atom. The Bertz CT molecular complexity index is 23.0. The number of hydrogen-bond acceptors (Lipinski definition) is 0. The average Bonchev–Trinajstić information content (AvgIpc) is 0.722. The molecule has 0 radical (unpaired) electrons. The molecule has 0 heterocycles. The smallest absolute Gasteiger partial charge is 0.333 e. The molecule has 0 rings (SSSR count). The number of quaternary nitrogens is 1. The molecule has 0 atom stereocenters. The number of hydrogen-bond donors (Lipinski definition) is 0. The van der Waals surface area contributed by atoms with Crippen molar-refractivity contribution in [1.82, 2.24) is 0 Å². The molecule has 0 aromatic heterocycles. The molecule has 0 unspecified atom stereocenters. The summed E-state index contributed by atoms with van der Waals surface area (Å²) in [6.45, 7) is 0. The van der Waals surface area contributed by atoms with Crippen molar-refractivity contribution in [3.05, 3.63) is 0 Å². The van der Waals surface area contributed by atoms with Gasteiger partial charge in [0.2, 0.25) is 0 Å². The van der Waals surface area contributed by atoms with Gasteiger partial charge in [-0.05, 0) is 0 Å². The van der Waals surface area contributed by atoms with Gasteiger partial charge in [0.05, 0.1) is 28.2 Å². The molecule has 0 bridgehead atoms. The van der Waals surface area contributed by atoms with Crippen LogP contribution < -0.4 is 0 Å². The fourth-order valence-electron chi connectivity index (χ4n) is 0. The maximum atomic E-state index is 2.12. The zero-order valence-corrected chi connectivity index (χ0v) is 8.11. The standard InChI is InChI=1S/C4H12N.Ta/c1-5(2,3)4;/h1-4H3;/q+1;+5. The first-order chi connectivity index (χ1) is 2.00. The summed E-state index contributed by atoms with van der Waals surface area (Å²) in [6, 6.07) is 0. The van der Waals surface area contributed by atoms with Gasteiger partial charge in [-0.1, -0.05) is 0 Å². The molecule has 0 aliphatic heterocycles. The number of rotatable bonds is 0. The molecule has 6 heavy (non-hydrogen) atoms. The fourth-order valence-corrected chi connectivity index (χ4v) is 0. The molecule has 0 aromatic rings. The van der Waals surface area contributed by atoms with Crippen LogP contribution in [0.1, 0.15) is 0 Å². The fraction of sp³-hybridized carbons (Fsp3) is 1.00. The summed E-state index contributed by atoms with van der Waals surface area (Å²) in [5.74, 6) is 0. The maximum Gasteiger partial charge on any atom is 5.00 e. The molecule has 0 spiro atoms. The minimum atomic E-state index is 0. The molecule has 0 aliphatic carbocycles. The zero-order valence-electron chi connectivity index (χ0n) is 4.89. The van der Waals surface area contributed by atoms with Crippen LogP contribution in [0.2, 0.25) is 0 Å². The molecule has 0 aliphatic rings. The van der Waals surface area contributed by atoms with Gasteiger partial charge in [-0.25, -0.2) is 0 Å². The van der Waals surface area contributed by atoms with Gasteiger partial charge in [0.1, 0.15) is 0 Å². The topological polar surface area (TPSA) is 0 Å². The Kier molecular flexibility index (Phi) is 4.61. The van der Waals surface area contributed by atoms with Crippen LogP contribution in [0.15, 0.2) is 0 Å². The van der Waals surface area contributed by atoms with Crippen molar-refractivity contribution in [1.29, 1.82) is 0 Å². The molecular weight excluding hydrogens is 243 g/mol. The monoisotopic (exact) mass is 255 g/mol. The molecule has 0 N–H and O–H groups in total. The van der Waals surface area contributed by atoms with Crippen LogP contribution in [0.5, 0.6) is 0 Å². The third kappa shape index (κ3) is 131. The summed E-state index contributed by atoms with van der Waals surface area (Å²) in [4.78, 5) is 0. The van der Waals surface area contributed by atoms with Crippen LogP contribution in [0.4, 0.5) is 0 Å². The predicted octanol–water partition coefficient (Wildman–Crippen LogP) is 0.320. The second-order valence-electron chi connectivity index (χ2n) is 2.68. The van der Waals surface area contributed by atoms with Crippen LogP contribution in [-0.2, 0) is 22.4 Å². The molecule has 32 valence electrons. The van der Waals surface area contributed by atoms with E-state index >= 15 is 0 Å². The molecule has 1 nitrogen and oxygen atoms in total. The molecule has 0 saturated carbocycles. The second kappa shape index (κ2) is 2.81. The third-order valence-corrected chi connectivity index (χ3v) is 0. The van der Waals surface area contributed by atoms with Crippen molar-refractivity contribution < 1.29 is 26.9 Å². The Morgan fingerprint density at radius 1 is 0.833 bits per heavy atom. The quantitative estimate of drug-likeness (QED) is 0.547. The van der Waals surface area contributed by atoms with Crippen LogP contribution in [0.25, 0.3) is 0 Å². The minimum absolute atomic E-state index is 0. The largest absolute Gasteiger partial charge is 5.00 e. The molecule has 2 heteroatoms. The Morgan fingerprint density at radius 2 is 0.833 bits per heavy atom. The van der Waals surface area contributed by atoms with Crippen molar-refractivity contribution in [2.75, 3.05) is 28.2 Å². The van der Waals surface area contributed by atoms with Crippen molar-refractivity contribution in [3.63, 3.8) is 0 Å². The first kappa shape index (κ1) is 9.85. The van der Waals surface area contributed by atoms with Gasteiger partial charge >= 0.3 is 22.4 Å². The van der Waals surface area contributed by atoms with E-state index in [1.807, 2.05) is 0 Å². The summed E-state index contributed by atoms with van der Waals surface area (Å²) in [5.41, 5.74) is 0. The van der Waals surface area contributed by atoms with Gasteiger partial charge in [-0.3, -0.25) is 0 Å². The summed E-state index contributed by atoms with van der Waals surface area (Å²) in [7, 11) is 8.50. The van der Waals surface area contributed by atoms with Gasteiger partial charge in [-0.15, -0.1) is 0 Å². The van der Waals surface area contributed by atoms with Gasteiger partial charge in [-0.2, -0.15) is 0 Å². The van der Waals surface area contributed by atoms with Crippen LogP contribution >= 0.6 is 0 Å². The van der Waals surface area contributed by atoms with E-state index in [2.05, 4.69) is 28.2 Å². The average molecular weight is 255 g/mol. The Balaban J connectivity index is 0. The van der Waals surface area contributed by atoms with E-state index in [1.165, 1.54) is 0 Å². The van der Waals surface area contributed by atoms with Crippen molar-refractivity contribution >= 4 is 0 Å². The summed E-state index contributed by atoms with van der Waals surface area (Å²) < 4.78 is 1.00. The maximum absolute atomic E-state index is 2.12. The Hall–Kier alpha value is 0.700. The van der Waals surface area contributed by atoms with Crippen LogP contribution in [-0.4, -0.2) is 32.7 Å². The van der Waals surface area contributed by atoms with Crippen molar-refractivity contribution in [2.24, 2.45) is 0 Å². The van der Waals surface area contributed by atoms with Crippen LogP contribution in [0.3, 0.4) is 0 Å². The third-order valence-electron chi connectivity index (χ3n) is 0. The normalized spacial score (nSPS) is 10.0. The zero-order chi connectivity index (χ0) is 4.50. The van der Waals surface area contributed by atoms with Gasteiger partial charge in [0, 0.05) is 0 Å². The summed E-state index contributed by atoms with van der Waals surface area (Å²) >= 11 is 0. The predicted molar refractivity (Wildman–Crippen MR) is 24.0 cm³/mol. The van der Waals surface area contributed by atoms with Gasteiger partial charge < -0.3 is 4.48 Å². The van der Waals surface area contributed by atoms with Crippen molar-refractivity contribution in [2.45, 2.75) is 0 Å². The first-order valence-electron chi connectivity index (χ1n) is 1.79. The van der Waals surface area contributed by atoms with E-state index in [1.54, 1.807) is 0 Å². The summed E-state index contributed by atoms with van der Waals surface area (Å²) in [5, 5.41) is 0. The van der Waals surface area contributed by atoms with E-state index in [4.69, 9.17) is 0 Å².